The Labute approximate surface area is 148 Å². The summed E-state index contributed by atoms with van der Waals surface area (Å²) < 4.78 is 0. The summed E-state index contributed by atoms with van der Waals surface area (Å²) in [6, 6.07) is 8.29. The van der Waals surface area contributed by atoms with E-state index in [0.717, 1.165) is 13.0 Å². The van der Waals surface area contributed by atoms with E-state index in [1.807, 2.05) is 21.9 Å². The Morgan fingerprint density at radius 1 is 1.12 bits per heavy atom. The van der Waals surface area contributed by atoms with Crippen LogP contribution in [0.25, 0.3) is 0 Å². The van der Waals surface area contributed by atoms with Crippen LogP contribution in [0.3, 0.4) is 0 Å². The van der Waals surface area contributed by atoms with Crippen molar-refractivity contribution in [2.75, 3.05) is 19.6 Å². The first kappa shape index (κ1) is 17.5. The Morgan fingerprint density at radius 3 is 2.44 bits per heavy atom. The Bertz CT molecular complexity index is 663. The van der Waals surface area contributed by atoms with Crippen LogP contribution in [0.15, 0.2) is 36.9 Å². The maximum absolute atomic E-state index is 12.8. The van der Waals surface area contributed by atoms with Crippen molar-refractivity contribution >= 4 is 12.0 Å². The van der Waals surface area contributed by atoms with Crippen molar-refractivity contribution in [2.24, 2.45) is 5.41 Å². The molecular weight excluding hydrogens is 316 g/mol. The summed E-state index contributed by atoms with van der Waals surface area (Å²) in [5.74, 6) is -0.742. The van der Waals surface area contributed by atoms with Gasteiger partial charge in [-0.2, -0.15) is 0 Å². The normalized spacial score (nSPS) is 19.2. The molecule has 1 N–H and O–H groups in total. The molecule has 0 aromatic heterocycles. The van der Waals surface area contributed by atoms with Gasteiger partial charge in [-0.25, -0.2) is 4.79 Å². The molecule has 2 amide bonds. The van der Waals surface area contributed by atoms with Crippen LogP contribution in [-0.4, -0.2) is 46.5 Å². The van der Waals surface area contributed by atoms with Crippen LogP contribution < -0.4 is 0 Å². The number of aliphatic carboxylic acids is 1. The molecule has 0 unspecified atom stereocenters. The van der Waals surface area contributed by atoms with Gasteiger partial charge in [-0.3, -0.25) is 4.79 Å². The van der Waals surface area contributed by atoms with E-state index < -0.39 is 11.4 Å². The van der Waals surface area contributed by atoms with E-state index in [0.29, 0.717) is 45.3 Å². The molecule has 1 fully saturated rings. The second-order valence-electron chi connectivity index (χ2n) is 7.12. The first-order valence-electron chi connectivity index (χ1n) is 9.01. The predicted octanol–water partition coefficient (Wildman–Crippen LogP) is 3.30. The number of piperidine rings is 1. The molecule has 0 spiro atoms. The zero-order valence-corrected chi connectivity index (χ0v) is 14.6. The molecule has 0 radical (unpaired) electrons. The quantitative estimate of drug-likeness (QED) is 0.854. The molecule has 1 aromatic carbocycles. The molecule has 0 saturated carbocycles. The number of carbonyl (C=O) groups is 2. The molecule has 25 heavy (non-hydrogen) atoms. The maximum Gasteiger partial charge on any atom is 0.320 e. The number of likely N-dealkylation sites (tertiary alicyclic amines) is 1. The highest BCUT2D eigenvalue weighted by atomic mass is 16.4. The highest BCUT2D eigenvalue weighted by Gasteiger charge is 2.42. The third-order valence-corrected chi connectivity index (χ3v) is 5.67. The van der Waals surface area contributed by atoms with Crippen molar-refractivity contribution in [3.05, 3.63) is 48.0 Å². The van der Waals surface area contributed by atoms with Gasteiger partial charge >= 0.3 is 12.0 Å². The van der Waals surface area contributed by atoms with E-state index in [9.17, 15) is 14.7 Å². The van der Waals surface area contributed by atoms with Crippen molar-refractivity contribution < 1.29 is 14.7 Å². The number of hydrogen-bond donors (Lipinski definition) is 1. The van der Waals surface area contributed by atoms with Gasteiger partial charge in [0.1, 0.15) is 0 Å². The van der Waals surface area contributed by atoms with E-state index in [-0.39, 0.29) is 6.03 Å². The number of urea groups is 1. The van der Waals surface area contributed by atoms with Gasteiger partial charge in [-0.05, 0) is 43.2 Å². The van der Waals surface area contributed by atoms with Gasteiger partial charge in [-0.15, -0.1) is 6.58 Å². The fourth-order valence-corrected chi connectivity index (χ4v) is 3.93. The van der Waals surface area contributed by atoms with E-state index in [1.165, 1.54) is 11.1 Å². The lowest BCUT2D eigenvalue weighted by atomic mass is 9.75. The molecule has 5 nitrogen and oxygen atoms in total. The van der Waals surface area contributed by atoms with Crippen LogP contribution in [0, 0.1) is 5.41 Å². The SMILES string of the molecule is C=CCCC1(C(=O)O)CCN(C(=O)N2CCc3ccccc3C2)CC1. The van der Waals surface area contributed by atoms with Crippen LogP contribution in [-0.2, 0) is 17.8 Å². The van der Waals surface area contributed by atoms with Crippen LogP contribution in [0.5, 0.6) is 0 Å². The Morgan fingerprint density at radius 2 is 1.80 bits per heavy atom. The van der Waals surface area contributed by atoms with Crippen molar-refractivity contribution in [1.29, 1.82) is 0 Å². The Kier molecular flexibility index (Phi) is 5.11. The minimum absolute atomic E-state index is 0.0391. The van der Waals surface area contributed by atoms with Gasteiger partial charge in [0.05, 0.1) is 5.41 Å². The fourth-order valence-electron chi connectivity index (χ4n) is 3.93. The molecule has 2 aliphatic heterocycles. The lowest BCUT2D eigenvalue weighted by Gasteiger charge is -2.41. The van der Waals surface area contributed by atoms with Crippen LogP contribution in [0.2, 0.25) is 0 Å². The summed E-state index contributed by atoms with van der Waals surface area (Å²) in [5.41, 5.74) is 1.82. The van der Waals surface area contributed by atoms with Crippen LogP contribution in [0.4, 0.5) is 4.79 Å². The van der Waals surface area contributed by atoms with Gasteiger partial charge in [0.15, 0.2) is 0 Å². The van der Waals surface area contributed by atoms with Gasteiger partial charge in [-0.1, -0.05) is 30.3 Å². The summed E-state index contributed by atoms with van der Waals surface area (Å²) in [6.07, 6.45) is 4.99. The minimum atomic E-state index is -0.742. The predicted molar refractivity (Wildman–Crippen MR) is 96.3 cm³/mol. The second-order valence-corrected chi connectivity index (χ2v) is 7.12. The van der Waals surface area contributed by atoms with Crippen LogP contribution in [0.1, 0.15) is 36.8 Å². The average Bonchev–Trinajstić information content (AvgIpc) is 2.65. The Hall–Kier alpha value is -2.30. The number of fused-ring (bicyclic) bond motifs is 1. The van der Waals surface area contributed by atoms with E-state index in [4.69, 9.17) is 0 Å². The Balaban J connectivity index is 1.62. The number of carboxylic acids is 1. The lowest BCUT2D eigenvalue weighted by Crippen LogP contribution is -2.51. The standard InChI is InChI=1S/C20H26N2O3/c1-2-3-9-20(18(23)24)10-13-21(14-11-20)19(25)22-12-8-16-6-4-5-7-17(16)15-22/h2,4-7H,1,3,8-15H2,(H,23,24). The number of rotatable bonds is 4. The molecule has 2 heterocycles. The second kappa shape index (κ2) is 7.30. The number of carboxylic acid groups (broad SMARTS) is 1. The van der Waals surface area contributed by atoms with Gasteiger partial charge in [0.25, 0.3) is 0 Å². The maximum atomic E-state index is 12.8. The average molecular weight is 342 g/mol. The molecule has 1 saturated heterocycles. The van der Waals surface area contributed by atoms with Gasteiger partial charge in [0, 0.05) is 26.2 Å². The molecule has 2 aliphatic rings. The summed E-state index contributed by atoms with van der Waals surface area (Å²) in [6.45, 7) is 6.10. The number of nitrogens with zero attached hydrogens (tertiary/aromatic N) is 2. The van der Waals surface area contributed by atoms with E-state index >= 15 is 0 Å². The third-order valence-electron chi connectivity index (χ3n) is 5.67. The van der Waals surface area contributed by atoms with Gasteiger partial charge in [0.2, 0.25) is 0 Å². The zero-order chi connectivity index (χ0) is 17.9. The zero-order valence-electron chi connectivity index (χ0n) is 14.6. The molecule has 0 aliphatic carbocycles. The van der Waals surface area contributed by atoms with Crippen molar-refractivity contribution in [1.82, 2.24) is 9.80 Å². The number of allylic oxidation sites excluding steroid dienone is 1. The molecule has 1 aromatic rings. The topological polar surface area (TPSA) is 60.9 Å². The summed E-state index contributed by atoms with van der Waals surface area (Å²) >= 11 is 0. The molecule has 5 heteroatoms. The van der Waals surface area contributed by atoms with E-state index in [1.54, 1.807) is 6.08 Å². The smallest absolute Gasteiger partial charge is 0.320 e. The number of benzene rings is 1. The molecule has 3 rings (SSSR count). The molecule has 134 valence electrons. The number of amides is 2. The fraction of sp³-hybridized carbons (Fsp3) is 0.500. The summed E-state index contributed by atoms with van der Waals surface area (Å²) in [4.78, 5) is 28.3. The lowest BCUT2D eigenvalue weighted by molar-refractivity contribution is -0.152. The van der Waals surface area contributed by atoms with E-state index in [2.05, 4.69) is 18.7 Å². The first-order valence-corrected chi connectivity index (χ1v) is 9.01. The third kappa shape index (κ3) is 3.55. The van der Waals surface area contributed by atoms with Crippen molar-refractivity contribution in [3.8, 4) is 0 Å². The largest absolute Gasteiger partial charge is 0.481 e. The summed E-state index contributed by atoms with van der Waals surface area (Å²) in [5, 5.41) is 9.65. The molecule has 0 bridgehead atoms. The summed E-state index contributed by atoms with van der Waals surface area (Å²) in [7, 11) is 0. The highest BCUT2D eigenvalue weighted by Crippen LogP contribution is 2.37. The number of carbonyl (C=O) groups excluding carboxylic acids is 1. The minimum Gasteiger partial charge on any atom is -0.481 e. The van der Waals surface area contributed by atoms with Gasteiger partial charge < -0.3 is 14.9 Å². The first-order chi connectivity index (χ1) is 12.1. The monoisotopic (exact) mass is 342 g/mol. The highest BCUT2D eigenvalue weighted by molar-refractivity contribution is 5.77. The van der Waals surface area contributed by atoms with Crippen LogP contribution >= 0.6 is 0 Å². The molecule has 0 atom stereocenters. The molecular formula is C20H26N2O3. The number of hydrogen-bond acceptors (Lipinski definition) is 2. The van der Waals surface area contributed by atoms with Crippen molar-refractivity contribution in [2.45, 2.75) is 38.6 Å². The van der Waals surface area contributed by atoms with Crippen molar-refractivity contribution in [3.63, 3.8) is 0 Å².